The molecule has 0 atom stereocenters. The van der Waals surface area contributed by atoms with E-state index in [0.29, 0.717) is 12.5 Å². The molecular formula is C19H30N2O3S. The van der Waals surface area contributed by atoms with Gasteiger partial charge in [0.25, 0.3) is 0 Å². The van der Waals surface area contributed by atoms with E-state index in [4.69, 9.17) is 4.74 Å². The zero-order valence-electron chi connectivity index (χ0n) is 15.0. The second-order valence-corrected chi connectivity index (χ2v) is 9.08. The Labute approximate surface area is 152 Å². The van der Waals surface area contributed by atoms with Gasteiger partial charge in [0.1, 0.15) is 0 Å². The highest BCUT2D eigenvalue weighted by Crippen LogP contribution is 2.27. The summed E-state index contributed by atoms with van der Waals surface area (Å²) in [5, 5.41) is 0. The van der Waals surface area contributed by atoms with Gasteiger partial charge in [0.15, 0.2) is 0 Å². The zero-order valence-corrected chi connectivity index (χ0v) is 15.8. The summed E-state index contributed by atoms with van der Waals surface area (Å²) < 4.78 is 33.3. The van der Waals surface area contributed by atoms with Gasteiger partial charge in [-0.2, -0.15) is 0 Å². The van der Waals surface area contributed by atoms with E-state index in [0.717, 1.165) is 51.4 Å². The second-order valence-electron chi connectivity index (χ2n) is 7.14. The van der Waals surface area contributed by atoms with Crippen LogP contribution < -0.4 is 4.31 Å². The molecule has 0 aromatic heterocycles. The summed E-state index contributed by atoms with van der Waals surface area (Å²) in [6.07, 6.45) is 5.67. The summed E-state index contributed by atoms with van der Waals surface area (Å²) in [5.74, 6) is 0.596. The molecule has 2 aliphatic rings. The van der Waals surface area contributed by atoms with E-state index in [-0.39, 0.29) is 5.75 Å². The fourth-order valence-electron chi connectivity index (χ4n) is 3.82. The predicted octanol–water partition coefficient (Wildman–Crippen LogP) is 2.74. The number of para-hydroxylation sites is 1. The number of rotatable bonds is 7. The lowest BCUT2D eigenvalue weighted by molar-refractivity contribution is 0.0395. The maximum atomic E-state index is 13.2. The van der Waals surface area contributed by atoms with E-state index in [1.165, 1.54) is 19.3 Å². The van der Waals surface area contributed by atoms with Gasteiger partial charge in [-0.25, -0.2) is 8.42 Å². The van der Waals surface area contributed by atoms with Gasteiger partial charge in [0, 0.05) is 26.2 Å². The van der Waals surface area contributed by atoms with Crippen molar-refractivity contribution in [1.29, 1.82) is 0 Å². The minimum absolute atomic E-state index is 0.283. The molecule has 5 nitrogen and oxygen atoms in total. The molecule has 2 fully saturated rings. The van der Waals surface area contributed by atoms with Gasteiger partial charge in [-0.1, -0.05) is 37.5 Å². The van der Waals surface area contributed by atoms with Crippen molar-refractivity contribution in [2.75, 3.05) is 49.5 Å². The predicted molar refractivity (Wildman–Crippen MR) is 101 cm³/mol. The van der Waals surface area contributed by atoms with Crippen LogP contribution in [0, 0.1) is 5.92 Å². The smallest absolute Gasteiger partial charge is 0.235 e. The molecule has 1 aliphatic heterocycles. The highest BCUT2D eigenvalue weighted by atomic mass is 32.2. The summed E-state index contributed by atoms with van der Waals surface area (Å²) in [6.45, 7) is 4.50. The third kappa shape index (κ3) is 5.43. The van der Waals surface area contributed by atoms with Crippen LogP contribution in [-0.2, 0) is 14.8 Å². The van der Waals surface area contributed by atoms with Crippen molar-refractivity contribution < 1.29 is 13.2 Å². The van der Waals surface area contributed by atoms with E-state index < -0.39 is 10.0 Å². The summed E-state index contributed by atoms with van der Waals surface area (Å²) in [7, 11) is -3.30. The third-order valence-electron chi connectivity index (χ3n) is 5.27. The van der Waals surface area contributed by atoms with Crippen molar-refractivity contribution in [1.82, 2.24) is 4.90 Å². The quantitative estimate of drug-likeness (QED) is 0.744. The number of hydrogen-bond donors (Lipinski definition) is 0. The number of benzene rings is 1. The van der Waals surface area contributed by atoms with E-state index in [1.807, 2.05) is 30.3 Å². The van der Waals surface area contributed by atoms with Gasteiger partial charge in [-0.05, 0) is 30.9 Å². The molecule has 0 radical (unpaired) electrons. The normalized spacial score (nSPS) is 20.5. The van der Waals surface area contributed by atoms with Crippen LogP contribution in [0.2, 0.25) is 0 Å². The van der Waals surface area contributed by atoms with Gasteiger partial charge in [0.2, 0.25) is 10.0 Å². The summed E-state index contributed by atoms with van der Waals surface area (Å²) in [6, 6.07) is 9.55. The molecule has 1 saturated heterocycles. The van der Waals surface area contributed by atoms with Crippen molar-refractivity contribution in [2.45, 2.75) is 32.1 Å². The molecule has 1 aromatic rings. The van der Waals surface area contributed by atoms with Crippen molar-refractivity contribution in [3.63, 3.8) is 0 Å². The minimum Gasteiger partial charge on any atom is -0.379 e. The highest BCUT2D eigenvalue weighted by Gasteiger charge is 2.28. The Morgan fingerprint density at radius 3 is 2.40 bits per heavy atom. The van der Waals surface area contributed by atoms with Gasteiger partial charge < -0.3 is 4.74 Å². The Morgan fingerprint density at radius 2 is 1.72 bits per heavy atom. The molecule has 1 aromatic carbocycles. The molecule has 0 bridgehead atoms. The van der Waals surface area contributed by atoms with Crippen LogP contribution in [0.25, 0.3) is 0 Å². The van der Waals surface area contributed by atoms with Gasteiger partial charge in [-0.15, -0.1) is 0 Å². The lowest BCUT2D eigenvalue weighted by Gasteiger charge is -2.32. The van der Waals surface area contributed by atoms with Gasteiger partial charge >= 0.3 is 0 Å². The molecule has 0 spiro atoms. The first-order valence-electron chi connectivity index (χ1n) is 9.51. The zero-order chi connectivity index (χ0) is 17.5. The maximum absolute atomic E-state index is 13.2. The van der Waals surface area contributed by atoms with Crippen LogP contribution in [0.1, 0.15) is 32.1 Å². The van der Waals surface area contributed by atoms with Gasteiger partial charge in [0.05, 0.1) is 24.7 Å². The summed E-state index contributed by atoms with van der Waals surface area (Å²) >= 11 is 0. The first kappa shape index (κ1) is 18.7. The van der Waals surface area contributed by atoms with Crippen molar-refractivity contribution in [2.24, 2.45) is 5.92 Å². The van der Waals surface area contributed by atoms with Crippen LogP contribution in [0.5, 0.6) is 0 Å². The average molecular weight is 367 g/mol. The Bertz CT molecular complexity index is 609. The maximum Gasteiger partial charge on any atom is 0.235 e. The Morgan fingerprint density at radius 1 is 1.04 bits per heavy atom. The fourth-order valence-corrected chi connectivity index (χ4v) is 5.73. The van der Waals surface area contributed by atoms with Crippen LogP contribution in [-0.4, -0.2) is 58.5 Å². The topological polar surface area (TPSA) is 49.9 Å². The SMILES string of the molecule is O=S(=O)(CC1CCCCC1)N(CCN1CCOCC1)c1ccccc1. The van der Waals surface area contributed by atoms with Crippen molar-refractivity contribution in [3.05, 3.63) is 30.3 Å². The van der Waals surface area contributed by atoms with Crippen LogP contribution in [0.3, 0.4) is 0 Å². The second kappa shape index (κ2) is 9.01. The lowest BCUT2D eigenvalue weighted by atomic mass is 9.91. The molecule has 6 heteroatoms. The molecule has 3 rings (SSSR count). The van der Waals surface area contributed by atoms with Gasteiger partial charge in [-0.3, -0.25) is 9.21 Å². The van der Waals surface area contributed by atoms with Crippen LogP contribution in [0.4, 0.5) is 5.69 Å². The number of anilines is 1. The molecule has 1 saturated carbocycles. The largest absolute Gasteiger partial charge is 0.379 e. The monoisotopic (exact) mass is 366 g/mol. The number of nitrogens with zero attached hydrogens (tertiary/aromatic N) is 2. The highest BCUT2D eigenvalue weighted by molar-refractivity contribution is 7.92. The minimum atomic E-state index is -3.30. The average Bonchev–Trinajstić information content (AvgIpc) is 2.64. The molecule has 1 aliphatic carbocycles. The number of hydrogen-bond acceptors (Lipinski definition) is 4. The fraction of sp³-hybridized carbons (Fsp3) is 0.684. The third-order valence-corrected chi connectivity index (χ3v) is 7.23. The number of morpholine rings is 1. The van der Waals surface area contributed by atoms with E-state index >= 15 is 0 Å². The molecule has 25 heavy (non-hydrogen) atoms. The van der Waals surface area contributed by atoms with Crippen LogP contribution in [0.15, 0.2) is 30.3 Å². The van der Waals surface area contributed by atoms with Crippen molar-refractivity contribution >= 4 is 15.7 Å². The summed E-state index contributed by atoms with van der Waals surface area (Å²) in [5.41, 5.74) is 0.784. The molecule has 0 amide bonds. The molecule has 1 heterocycles. The molecule has 0 N–H and O–H groups in total. The standard InChI is InChI=1S/C19H30N2O3S/c22-25(23,17-18-7-3-1-4-8-18)21(19-9-5-2-6-10-19)12-11-20-13-15-24-16-14-20/h2,5-6,9-10,18H,1,3-4,7-8,11-17H2. The molecule has 140 valence electrons. The Hall–Kier alpha value is -1.11. The van der Waals surface area contributed by atoms with E-state index in [1.54, 1.807) is 4.31 Å². The first-order chi connectivity index (χ1) is 12.1. The first-order valence-corrected chi connectivity index (χ1v) is 11.1. The van der Waals surface area contributed by atoms with E-state index in [9.17, 15) is 8.42 Å². The van der Waals surface area contributed by atoms with Crippen molar-refractivity contribution in [3.8, 4) is 0 Å². The summed E-state index contributed by atoms with van der Waals surface area (Å²) in [4.78, 5) is 2.29. The number of ether oxygens (including phenoxy) is 1. The molecular weight excluding hydrogens is 336 g/mol. The van der Waals surface area contributed by atoms with Crippen LogP contribution >= 0.6 is 0 Å². The molecule has 0 unspecified atom stereocenters. The van der Waals surface area contributed by atoms with E-state index in [2.05, 4.69) is 4.90 Å². The lowest BCUT2D eigenvalue weighted by Crippen LogP contribution is -2.44. The Kier molecular flexibility index (Phi) is 6.73. The Balaban J connectivity index is 1.70. The number of sulfonamides is 1.